The van der Waals surface area contributed by atoms with E-state index in [1.54, 1.807) is 28.9 Å². The Labute approximate surface area is 138 Å². The van der Waals surface area contributed by atoms with E-state index in [9.17, 15) is 4.79 Å². The van der Waals surface area contributed by atoms with E-state index in [1.165, 1.54) is 4.90 Å². The predicted octanol–water partition coefficient (Wildman–Crippen LogP) is 2.91. The number of hydrogen-bond acceptors (Lipinski definition) is 4. The summed E-state index contributed by atoms with van der Waals surface area (Å²) in [5, 5.41) is 3.99. The third-order valence-electron chi connectivity index (χ3n) is 3.36. The van der Waals surface area contributed by atoms with Crippen molar-refractivity contribution in [3.8, 4) is 0 Å². The highest BCUT2D eigenvalue weighted by atomic mass is 32.2. The Morgan fingerprint density at radius 2 is 2.04 bits per heavy atom. The van der Waals surface area contributed by atoms with Gasteiger partial charge in [-0.3, -0.25) is 4.79 Å². The number of carbonyl (C=O) groups is 1. The molecule has 3 aromatic rings. The van der Waals surface area contributed by atoms with Crippen LogP contribution in [-0.4, -0.2) is 27.9 Å². The minimum Gasteiger partial charge on any atom is -0.321 e. The van der Waals surface area contributed by atoms with Crippen LogP contribution in [0.1, 0.15) is 5.56 Å². The van der Waals surface area contributed by atoms with Gasteiger partial charge in [0, 0.05) is 4.90 Å². The van der Waals surface area contributed by atoms with Crippen LogP contribution >= 0.6 is 11.8 Å². The second-order valence-electron chi connectivity index (χ2n) is 4.93. The van der Waals surface area contributed by atoms with Crippen molar-refractivity contribution in [2.45, 2.75) is 11.4 Å². The van der Waals surface area contributed by atoms with Crippen molar-refractivity contribution < 1.29 is 4.79 Å². The maximum atomic E-state index is 12.0. The molecule has 0 aliphatic heterocycles. The predicted molar refractivity (Wildman–Crippen MR) is 93.7 cm³/mol. The molecule has 1 amide bonds. The van der Waals surface area contributed by atoms with Gasteiger partial charge in [-0.2, -0.15) is 5.10 Å². The maximum Gasteiger partial charge on any atom is 0.260 e. The molecule has 6 heteroatoms. The van der Waals surface area contributed by atoms with Crippen LogP contribution in [0.15, 0.2) is 64.9 Å². The molecule has 3 rings (SSSR count). The summed E-state index contributed by atoms with van der Waals surface area (Å²) in [4.78, 5) is 17.4. The number of carbonyl (C=O) groups excluding carboxylic acids is 1. The SMILES string of the molecule is CSc1ccc(C=NNC(=O)Cn2cnc3ccccc32)cc1. The Kier molecular flexibility index (Phi) is 4.73. The average Bonchev–Trinajstić information content (AvgIpc) is 2.99. The molecule has 1 N–H and O–H groups in total. The van der Waals surface area contributed by atoms with Crippen molar-refractivity contribution in [1.82, 2.24) is 15.0 Å². The summed E-state index contributed by atoms with van der Waals surface area (Å²) < 4.78 is 1.80. The van der Waals surface area contributed by atoms with Crippen molar-refractivity contribution in [2.75, 3.05) is 6.26 Å². The van der Waals surface area contributed by atoms with Gasteiger partial charge in [-0.15, -0.1) is 11.8 Å². The van der Waals surface area contributed by atoms with Gasteiger partial charge in [0.05, 0.1) is 23.6 Å². The Morgan fingerprint density at radius 1 is 1.26 bits per heavy atom. The minimum absolute atomic E-state index is 0.184. The Bertz CT molecular complexity index is 839. The molecule has 2 aromatic carbocycles. The number of imidazole rings is 1. The lowest BCUT2D eigenvalue weighted by Crippen LogP contribution is -2.22. The molecule has 0 fully saturated rings. The molecule has 0 aliphatic rings. The summed E-state index contributed by atoms with van der Waals surface area (Å²) in [7, 11) is 0. The summed E-state index contributed by atoms with van der Waals surface area (Å²) in [5.41, 5.74) is 5.28. The molecule has 1 aromatic heterocycles. The molecule has 5 nitrogen and oxygen atoms in total. The molecule has 23 heavy (non-hydrogen) atoms. The van der Waals surface area contributed by atoms with Crippen LogP contribution in [0.4, 0.5) is 0 Å². The largest absolute Gasteiger partial charge is 0.321 e. The molecule has 0 bridgehead atoms. The van der Waals surface area contributed by atoms with Crippen LogP contribution in [-0.2, 0) is 11.3 Å². The van der Waals surface area contributed by atoms with Gasteiger partial charge in [-0.25, -0.2) is 10.4 Å². The Morgan fingerprint density at radius 3 is 2.83 bits per heavy atom. The number of hydrogen-bond donors (Lipinski definition) is 1. The number of thioether (sulfide) groups is 1. The number of amides is 1. The third-order valence-corrected chi connectivity index (χ3v) is 4.10. The standard InChI is InChI=1S/C17H16N4OS/c1-23-14-8-6-13(7-9-14)10-19-20-17(22)11-21-12-18-15-4-2-3-5-16(15)21/h2-10,12H,11H2,1H3,(H,20,22). The third kappa shape index (κ3) is 3.78. The molecule has 0 aliphatic carbocycles. The van der Waals surface area contributed by atoms with Gasteiger partial charge in [-0.05, 0) is 36.1 Å². The van der Waals surface area contributed by atoms with Crippen LogP contribution in [0.25, 0.3) is 11.0 Å². The lowest BCUT2D eigenvalue weighted by Gasteiger charge is -2.03. The maximum absolute atomic E-state index is 12.0. The smallest absolute Gasteiger partial charge is 0.260 e. The number of para-hydroxylation sites is 2. The van der Waals surface area contributed by atoms with Crippen molar-refractivity contribution in [2.24, 2.45) is 5.10 Å². The number of nitrogens with one attached hydrogen (secondary N) is 1. The molecule has 0 saturated carbocycles. The number of benzene rings is 2. The van der Waals surface area contributed by atoms with Gasteiger partial charge in [0.2, 0.25) is 0 Å². The highest BCUT2D eigenvalue weighted by Gasteiger charge is 2.05. The van der Waals surface area contributed by atoms with E-state index in [1.807, 2.05) is 54.8 Å². The van der Waals surface area contributed by atoms with Crippen molar-refractivity contribution in [1.29, 1.82) is 0 Å². The molecule has 0 saturated heterocycles. The zero-order chi connectivity index (χ0) is 16.1. The van der Waals surface area contributed by atoms with Crippen LogP contribution in [0.2, 0.25) is 0 Å². The van der Waals surface area contributed by atoms with Gasteiger partial charge in [0.25, 0.3) is 5.91 Å². The number of rotatable bonds is 5. The van der Waals surface area contributed by atoms with Gasteiger partial charge in [0.15, 0.2) is 0 Å². The number of nitrogens with zero attached hydrogens (tertiary/aromatic N) is 3. The normalized spacial score (nSPS) is 11.2. The zero-order valence-electron chi connectivity index (χ0n) is 12.6. The first-order chi connectivity index (χ1) is 11.3. The van der Waals surface area contributed by atoms with Crippen LogP contribution < -0.4 is 5.43 Å². The fraction of sp³-hybridized carbons (Fsp3) is 0.118. The molecule has 1 heterocycles. The van der Waals surface area contributed by atoms with E-state index in [0.29, 0.717) is 0 Å². The highest BCUT2D eigenvalue weighted by Crippen LogP contribution is 2.14. The van der Waals surface area contributed by atoms with Gasteiger partial charge < -0.3 is 4.57 Å². The van der Waals surface area contributed by atoms with E-state index in [0.717, 1.165) is 16.6 Å². The molecule has 0 unspecified atom stereocenters. The quantitative estimate of drug-likeness (QED) is 0.446. The van der Waals surface area contributed by atoms with Crippen LogP contribution in [0.5, 0.6) is 0 Å². The summed E-state index contributed by atoms with van der Waals surface area (Å²) >= 11 is 1.69. The molecule has 116 valence electrons. The topological polar surface area (TPSA) is 59.3 Å². The molecular weight excluding hydrogens is 308 g/mol. The molecule has 0 atom stereocenters. The van der Waals surface area contributed by atoms with Gasteiger partial charge in [-0.1, -0.05) is 24.3 Å². The number of hydrazone groups is 1. The molecule has 0 spiro atoms. The average molecular weight is 324 g/mol. The number of fused-ring (bicyclic) bond motifs is 1. The Hall–Kier alpha value is -2.60. The lowest BCUT2D eigenvalue weighted by molar-refractivity contribution is -0.121. The summed E-state index contributed by atoms with van der Waals surface area (Å²) in [6, 6.07) is 15.7. The summed E-state index contributed by atoms with van der Waals surface area (Å²) in [5.74, 6) is -0.190. The van der Waals surface area contributed by atoms with Crippen LogP contribution in [0.3, 0.4) is 0 Å². The van der Waals surface area contributed by atoms with Crippen LogP contribution in [0, 0.1) is 0 Å². The second kappa shape index (κ2) is 7.11. The van der Waals surface area contributed by atoms with Crippen molar-refractivity contribution in [3.05, 3.63) is 60.4 Å². The van der Waals surface area contributed by atoms with E-state index in [4.69, 9.17) is 0 Å². The molecule has 0 radical (unpaired) electrons. The zero-order valence-corrected chi connectivity index (χ0v) is 13.5. The first-order valence-electron chi connectivity index (χ1n) is 7.12. The van der Waals surface area contributed by atoms with Crippen molar-refractivity contribution >= 4 is 34.9 Å². The second-order valence-corrected chi connectivity index (χ2v) is 5.81. The summed E-state index contributed by atoms with van der Waals surface area (Å²) in [6.45, 7) is 0.184. The lowest BCUT2D eigenvalue weighted by atomic mass is 10.2. The molecular formula is C17H16N4OS. The minimum atomic E-state index is -0.190. The Balaban J connectivity index is 1.59. The fourth-order valence-corrected chi connectivity index (χ4v) is 2.60. The van der Waals surface area contributed by atoms with Gasteiger partial charge in [0.1, 0.15) is 6.54 Å². The monoisotopic (exact) mass is 324 g/mol. The van der Waals surface area contributed by atoms with E-state index in [-0.39, 0.29) is 12.5 Å². The van der Waals surface area contributed by atoms with E-state index in [2.05, 4.69) is 15.5 Å². The van der Waals surface area contributed by atoms with E-state index < -0.39 is 0 Å². The number of aromatic nitrogens is 2. The highest BCUT2D eigenvalue weighted by molar-refractivity contribution is 7.98. The summed E-state index contributed by atoms with van der Waals surface area (Å²) in [6.07, 6.45) is 5.33. The first kappa shape index (κ1) is 15.3. The van der Waals surface area contributed by atoms with E-state index >= 15 is 0 Å². The van der Waals surface area contributed by atoms with Crippen molar-refractivity contribution in [3.63, 3.8) is 0 Å². The fourth-order valence-electron chi connectivity index (χ4n) is 2.20. The van der Waals surface area contributed by atoms with Gasteiger partial charge >= 0.3 is 0 Å². The first-order valence-corrected chi connectivity index (χ1v) is 8.34.